The van der Waals surface area contributed by atoms with Gasteiger partial charge in [0.25, 0.3) is 3.91 Å². The van der Waals surface area contributed by atoms with E-state index < -0.39 is 12.2 Å². The van der Waals surface area contributed by atoms with Crippen molar-refractivity contribution in [3.8, 4) is 0 Å². The molecule has 1 aliphatic heterocycles. The van der Waals surface area contributed by atoms with Gasteiger partial charge in [0.2, 0.25) is 0 Å². The van der Waals surface area contributed by atoms with Crippen LogP contribution in [0.2, 0.25) is 0 Å². The van der Waals surface area contributed by atoms with Crippen LogP contribution in [0.4, 0.5) is 23.8 Å². The van der Waals surface area contributed by atoms with E-state index >= 15 is 0 Å². The molecule has 2 rings (SSSR count). The molecule has 1 aromatic heterocycles. The molecule has 0 fully saturated rings. The van der Waals surface area contributed by atoms with Gasteiger partial charge in [-0.1, -0.05) is 0 Å². The van der Waals surface area contributed by atoms with Gasteiger partial charge in [-0.3, -0.25) is 9.69 Å². The number of rotatable bonds is 0. The number of anilines is 1. The average molecular weight is 345 g/mol. The standard InChI is InChI=1S/C8H7F3IN3O/c9-8(10,11)5-2-4-14(7(12)16)6-1-3-13-15(5)6/h1,3,5H,2,4H2. The summed E-state index contributed by atoms with van der Waals surface area (Å²) in [5.74, 6) is 0.202. The van der Waals surface area contributed by atoms with Crippen LogP contribution < -0.4 is 4.90 Å². The van der Waals surface area contributed by atoms with Crippen molar-refractivity contribution in [2.75, 3.05) is 11.4 Å². The number of aromatic nitrogens is 2. The molecule has 1 amide bonds. The second-order valence-electron chi connectivity index (χ2n) is 3.38. The third kappa shape index (κ3) is 1.89. The van der Waals surface area contributed by atoms with Crippen molar-refractivity contribution in [2.24, 2.45) is 0 Å². The third-order valence-electron chi connectivity index (χ3n) is 2.44. The zero-order valence-corrected chi connectivity index (χ0v) is 10.1. The number of carbonyl (C=O) groups excluding carboxylic acids is 1. The molecule has 0 N–H and O–H groups in total. The highest BCUT2D eigenvalue weighted by molar-refractivity contribution is 14.1. The first-order valence-electron chi connectivity index (χ1n) is 4.48. The first kappa shape index (κ1) is 11.7. The molecule has 1 atom stereocenters. The number of hydrogen-bond acceptors (Lipinski definition) is 2. The Morgan fingerprint density at radius 2 is 2.25 bits per heavy atom. The van der Waals surface area contributed by atoms with E-state index in [4.69, 9.17) is 0 Å². The lowest BCUT2D eigenvalue weighted by molar-refractivity contribution is -0.172. The minimum absolute atomic E-state index is 0.0671. The lowest BCUT2D eigenvalue weighted by atomic mass is 10.1. The average Bonchev–Trinajstić information content (AvgIpc) is 2.61. The minimum atomic E-state index is -4.33. The summed E-state index contributed by atoms with van der Waals surface area (Å²) in [5.41, 5.74) is 0. The summed E-state index contributed by atoms with van der Waals surface area (Å²) in [7, 11) is 0. The Labute approximate surface area is 103 Å². The summed E-state index contributed by atoms with van der Waals surface area (Å²) in [6, 6.07) is -0.224. The van der Waals surface area contributed by atoms with E-state index in [-0.39, 0.29) is 22.7 Å². The van der Waals surface area contributed by atoms with Crippen LogP contribution in [-0.4, -0.2) is 26.4 Å². The van der Waals surface area contributed by atoms with Crippen molar-refractivity contribution < 1.29 is 18.0 Å². The topological polar surface area (TPSA) is 38.1 Å². The van der Waals surface area contributed by atoms with Crippen LogP contribution in [0.25, 0.3) is 0 Å². The SMILES string of the molecule is O=C(I)N1CCC(C(F)(F)F)n2nccc21. The first-order valence-corrected chi connectivity index (χ1v) is 5.56. The van der Waals surface area contributed by atoms with Gasteiger partial charge in [-0.15, -0.1) is 0 Å². The van der Waals surface area contributed by atoms with Crippen molar-refractivity contribution in [1.29, 1.82) is 0 Å². The second-order valence-corrected chi connectivity index (χ2v) is 4.31. The highest BCUT2D eigenvalue weighted by Gasteiger charge is 2.45. The molecule has 88 valence electrons. The predicted octanol–water partition coefficient (Wildman–Crippen LogP) is 2.75. The molecule has 0 saturated heterocycles. The smallest absolute Gasteiger partial charge is 0.288 e. The van der Waals surface area contributed by atoms with Gasteiger partial charge in [-0.2, -0.15) is 18.3 Å². The molecule has 0 radical (unpaired) electrons. The summed E-state index contributed by atoms with van der Waals surface area (Å²) in [4.78, 5) is 12.5. The van der Waals surface area contributed by atoms with Gasteiger partial charge in [0.05, 0.1) is 6.20 Å². The number of amides is 1. The summed E-state index contributed by atoms with van der Waals surface area (Å²) in [6.45, 7) is 0.0671. The summed E-state index contributed by atoms with van der Waals surface area (Å²) in [6.07, 6.45) is -3.22. The summed E-state index contributed by atoms with van der Waals surface area (Å²) in [5, 5.41) is 3.64. The normalized spacial score (nSPS) is 20.8. The van der Waals surface area contributed by atoms with Gasteiger partial charge in [0, 0.05) is 35.2 Å². The van der Waals surface area contributed by atoms with Crippen LogP contribution in [0.15, 0.2) is 12.3 Å². The molecule has 2 heterocycles. The van der Waals surface area contributed by atoms with E-state index in [1.807, 2.05) is 0 Å². The number of hydrogen-bond donors (Lipinski definition) is 0. The Morgan fingerprint density at radius 3 is 2.81 bits per heavy atom. The molecule has 1 aromatic rings. The molecule has 4 nitrogen and oxygen atoms in total. The Bertz CT molecular complexity index is 417. The molecule has 0 saturated carbocycles. The van der Waals surface area contributed by atoms with Gasteiger partial charge >= 0.3 is 6.18 Å². The largest absolute Gasteiger partial charge is 0.410 e. The Hall–Kier alpha value is -0.800. The van der Waals surface area contributed by atoms with Crippen molar-refractivity contribution >= 4 is 32.3 Å². The minimum Gasteiger partial charge on any atom is -0.288 e. The highest BCUT2D eigenvalue weighted by atomic mass is 127. The maximum absolute atomic E-state index is 12.7. The van der Waals surface area contributed by atoms with Crippen LogP contribution in [0.3, 0.4) is 0 Å². The molecular weight excluding hydrogens is 338 g/mol. The van der Waals surface area contributed by atoms with Crippen LogP contribution in [0, 0.1) is 0 Å². The maximum Gasteiger partial charge on any atom is 0.410 e. The highest BCUT2D eigenvalue weighted by Crippen LogP contribution is 2.39. The fourth-order valence-electron chi connectivity index (χ4n) is 1.73. The quantitative estimate of drug-likeness (QED) is 0.412. The third-order valence-corrected chi connectivity index (χ3v) is 3.02. The van der Waals surface area contributed by atoms with Crippen molar-refractivity contribution in [2.45, 2.75) is 18.6 Å². The van der Waals surface area contributed by atoms with Gasteiger partial charge in [0.15, 0.2) is 6.04 Å². The Morgan fingerprint density at radius 1 is 1.56 bits per heavy atom. The Kier molecular flexibility index (Phi) is 2.84. The van der Waals surface area contributed by atoms with E-state index in [1.54, 1.807) is 22.6 Å². The molecule has 0 spiro atoms. The number of fused-ring (bicyclic) bond motifs is 1. The zero-order chi connectivity index (χ0) is 11.9. The molecule has 1 aliphatic rings. The Balaban J connectivity index is 2.40. The number of carbonyl (C=O) groups is 1. The fraction of sp³-hybridized carbons (Fsp3) is 0.500. The van der Waals surface area contributed by atoms with Gasteiger partial charge < -0.3 is 0 Å². The summed E-state index contributed by atoms with van der Waals surface area (Å²) < 4.78 is 38.5. The monoisotopic (exact) mass is 345 g/mol. The lowest BCUT2D eigenvalue weighted by Gasteiger charge is -2.32. The van der Waals surface area contributed by atoms with Gasteiger partial charge in [-0.05, 0) is 6.42 Å². The number of nitrogens with zero attached hydrogens (tertiary/aromatic N) is 3. The summed E-state index contributed by atoms with van der Waals surface area (Å²) >= 11 is 1.55. The zero-order valence-electron chi connectivity index (χ0n) is 7.91. The van der Waals surface area contributed by atoms with E-state index in [2.05, 4.69) is 5.10 Å². The van der Waals surface area contributed by atoms with Gasteiger partial charge in [-0.25, -0.2) is 4.68 Å². The van der Waals surface area contributed by atoms with Crippen LogP contribution in [-0.2, 0) is 0 Å². The predicted molar refractivity (Wildman–Crippen MR) is 58.7 cm³/mol. The van der Waals surface area contributed by atoms with Crippen molar-refractivity contribution in [3.05, 3.63) is 12.3 Å². The molecule has 16 heavy (non-hydrogen) atoms. The molecule has 0 aromatic carbocycles. The molecule has 0 bridgehead atoms. The van der Waals surface area contributed by atoms with Gasteiger partial charge in [0.1, 0.15) is 5.82 Å². The van der Waals surface area contributed by atoms with E-state index in [1.165, 1.54) is 17.2 Å². The number of alkyl halides is 3. The fourth-order valence-corrected chi connectivity index (χ4v) is 2.22. The van der Waals surface area contributed by atoms with E-state index in [0.29, 0.717) is 0 Å². The molecule has 0 aliphatic carbocycles. The maximum atomic E-state index is 12.7. The molecule has 8 heteroatoms. The van der Waals surface area contributed by atoms with Crippen LogP contribution >= 0.6 is 22.6 Å². The number of halogens is 4. The molecule has 1 unspecified atom stereocenters. The first-order chi connectivity index (χ1) is 7.41. The van der Waals surface area contributed by atoms with Crippen LogP contribution in [0.5, 0.6) is 0 Å². The second kappa shape index (κ2) is 3.90. The van der Waals surface area contributed by atoms with E-state index in [0.717, 1.165) is 4.68 Å². The van der Waals surface area contributed by atoms with Crippen molar-refractivity contribution in [1.82, 2.24) is 9.78 Å². The molecular formula is C8H7F3IN3O. The lowest BCUT2D eigenvalue weighted by Crippen LogP contribution is -2.41. The van der Waals surface area contributed by atoms with Crippen molar-refractivity contribution in [3.63, 3.8) is 0 Å². The van der Waals surface area contributed by atoms with E-state index in [9.17, 15) is 18.0 Å². The van der Waals surface area contributed by atoms with Crippen LogP contribution in [0.1, 0.15) is 12.5 Å².